The topological polar surface area (TPSA) is 79.1 Å². The Labute approximate surface area is 180 Å². The summed E-state index contributed by atoms with van der Waals surface area (Å²) >= 11 is 0. The van der Waals surface area contributed by atoms with Crippen LogP contribution in [-0.2, 0) is 9.63 Å². The van der Waals surface area contributed by atoms with Crippen LogP contribution in [-0.4, -0.2) is 40.5 Å². The van der Waals surface area contributed by atoms with E-state index in [4.69, 9.17) is 4.84 Å². The monoisotopic (exact) mass is 415 g/mol. The number of carbonyl (C=O) groups excluding carboxylic acids is 1. The molecule has 5 heteroatoms. The van der Waals surface area contributed by atoms with Crippen LogP contribution in [0, 0.1) is 34.5 Å². The summed E-state index contributed by atoms with van der Waals surface area (Å²) in [5.41, 5.74) is 2.20. The number of ketones is 1. The highest BCUT2D eigenvalue weighted by atomic mass is 16.6. The van der Waals surface area contributed by atoms with Gasteiger partial charge in [0.2, 0.25) is 0 Å². The molecule has 4 aliphatic rings. The minimum atomic E-state index is -0.786. The highest BCUT2D eigenvalue weighted by Crippen LogP contribution is 2.65. The molecular weight excluding hydrogens is 378 g/mol. The zero-order valence-corrected chi connectivity index (χ0v) is 18.6. The van der Waals surface area contributed by atoms with E-state index in [0.29, 0.717) is 37.2 Å². The number of aliphatic hydroxyl groups excluding tert-OH is 2. The Kier molecular flexibility index (Phi) is 5.73. The fraction of sp³-hybridized carbons (Fsp3) is 0.760. The highest BCUT2D eigenvalue weighted by Gasteiger charge is 2.60. The van der Waals surface area contributed by atoms with E-state index in [-0.39, 0.29) is 22.5 Å². The molecule has 0 amide bonds. The van der Waals surface area contributed by atoms with Crippen molar-refractivity contribution < 1.29 is 19.8 Å². The van der Waals surface area contributed by atoms with Crippen LogP contribution in [0.4, 0.5) is 0 Å². The molecule has 0 saturated heterocycles. The van der Waals surface area contributed by atoms with Gasteiger partial charge in [-0.05, 0) is 74.2 Å². The maximum absolute atomic E-state index is 13.1. The molecule has 0 aromatic heterocycles. The maximum atomic E-state index is 13.1. The molecule has 30 heavy (non-hydrogen) atoms. The van der Waals surface area contributed by atoms with Crippen molar-refractivity contribution in [3.8, 4) is 0 Å². The van der Waals surface area contributed by atoms with Crippen molar-refractivity contribution in [3.05, 3.63) is 24.3 Å². The lowest BCUT2D eigenvalue weighted by atomic mass is 9.47. The Morgan fingerprint density at radius 1 is 1.20 bits per heavy atom. The number of rotatable bonds is 5. The van der Waals surface area contributed by atoms with E-state index in [1.54, 1.807) is 0 Å². The second-order valence-electron chi connectivity index (χ2n) is 10.6. The van der Waals surface area contributed by atoms with Gasteiger partial charge in [-0.2, -0.15) is 0 Å². The van der Waals surface area contributed by atoms with E-state index in [0.717, 1.165) is 37.8 Å². The van der Waals surface area contributed by atoms with Gasteiger partial charge in [-0.1, -0.05) is 30.7 Å². The van der Waals surface area contributed by atoms with Gasteiger partial charge in [0, 0.05) is 18.3 Å². The van der Waals surface area contributed by atoms with Crippen LogP contribution >= 0.6 is 0 Å². The lowest BCUT2D eigenvalue weighted by molar-refractivity contribution is -0.142. The van der Waals surface area contributed by atoms with Crippen molar-refractivity contribution >= 4 is 11.5 Å². The van der Waals surface area contributed by atoms with E-state index in [1.165, 1.54) is 5.57 Å². The van der Waals surface area contributed by atoms with E-state index >= 15 is 0 Å². The first-order chi connectivity index (χ1) is 14.2. The summed E-state index contributed by atoms with van der Waals surface area (Å²) in [6, 6.07) is 0. The Balaban J connectivity index is 1.60. The summed E-state index contributed by atoms with van der Waals surface area (Å²) < 4.78 is 0. The number of oxime groups is 1. The van der Waals surface area contributed by atoms with Crippen LogP contribution in [0.3, 0.4) is 0 Å². The zero-order valence-electron chi connectivity index (χ0n) is 18.6. The van der Waals surface area contributed by atoms with Gasteiger partial charge < -0.3 is 15.1 Å². The van der Waals surface area contributed by atoms with Crippen molar-refractivity contribution in [2.45, 2.75) is 77.9 Å². The average molecular weight is 416 g/mol. The molecule has 0 aromatic carbocycles. The standard InChI is InChI=1S/C25H37NO4/c1-5-6-11-30-26-15(2)17-7-8-18-16-12-21(27)20-13-22(28)23(29)14-25(20,4)19(16)9-10-24(17,18)3/h5,12,17-20,22-23,28-29H,1,6-11,13-14H2,2-4H3/t17-,18+,19?,20+,22-,23+,24-,25-/m1/s1. The van der Waals surface area contributed by atoms with Crippen molar-refractivity contribution in [2.75, 3.05) is 6.61 Å². The molecule has 5 nitrogen and oxygen atoms in total. The third kappa shape index (κ3) is 3.29. The second-order valence-corrected chi connectivity index (χ2v) is 10.6. The summed E-state index contributed by atoms with van der Waals surface area (Å²) in [6.07, 6.45) is 8.20. The molecule has 4 aliphatic carbocycles. The van der Waals surface area contributed by atoms with Crippen LogP contribution in [0.1, 0.15) is 65.7 Å². The van der Waals surface area contributed by atoms with Gasteiger partial charge in [0.1, 0.15) is 6.61 Å². The molecule has 2 N–H and O–H groups in total. The van der Waals surface area contributed by atoms with Crippen molar-refractivity contribution in [1.29, 1.82) is 0 Å². The van der Waals surface area contributed by atoms with Gasteiger partial charge >= 0.3 is 0 Å². The number of allylic oxidation sites excluding steroid dienone is 2. The molecule has 0 radical (unpaired) electrons. The zero-order chi connectivity index (χ0) is 21.7. The molecule has 166 valence electrons. The Hall–Kier alpha value is -1.46. The molecule has 0 bridgehead atoms. The fourth-order valence-electron chi connectivity index (χ4n) is 7.43. The van der Waals surface area contributed by atoms with Crippen molar-refractivity contribution in [2.24, 2.45) is 39.7 Å². The van der Waals surface area contributed by atoms with Gasteiger partial charge in [0.15, 0.2) is 5.78 Å². The predicted octanol–water partition coefficient (Wildman–Crippen LogP) is 4.04. The quantitative estimate of drug-likeness (QED) is 0.307. The van der Waals surface area contributed by atoms with Gasteiger partial charge in [-0.15, -0.1) is 6.58 Å². The maximum Gasteiger partial charge on any atom is 0.159 e. The Bertz CT molecular complexity index is 773. The van der Waals surface area contributed by atoms with Gasteiger partial charge in [-0.3, -0.25) is 4.79 Å². The molecule has 3 fully saturated rings. The molecule has 0 heterocycles. The summed E-state index contributed by atoms with van der Waals surface area (Å²) in [7, 11) is 0. The van der Waals surface area contributed by atoms with Crippen LogP contribution in [0.2, 0.25) is 0 Å². The van der Waals surface area contributed by atoms with E-state index in [1.807, 2.05) is 12.2 Å². The SMILES string of the molecule is C=CCCON=C(C)[C@H]1CC[C@H]2C3=CC(=O)[C@@H]4C[C@@H](O)[C@@H](O)C[C@]4(C)C3CC[C@]12C. The minimum absolute atomic E-state index is 0.0913. The van der Waals surface area contributed by atoms with Crippen LogP contribution in [0.5, 0.6) is 0 Å². The predicted molar refractivity (Wildman–Crippen MR) is 117 cm³/mol. The molecule has 3 saturated carbocycles. The first-order valence-electron chi connectivity index (χ1n) is 11.6. The lowest BCUT2D eigenvalue weighted by Crippen LogP contribution is -2.55. The van der Waals surface area contributed by atoms with Crippen molar-refractivity contribution in [3.63, 3.8) is 0 Å². The molecule has 4 rings (SSSR count). The smallest absolute Gasteiger partial charge is 0.159 e. The summed E-state index contributed by atoms with van der Waals surface area (Å²) in [5.74, 6) is 1.05. The van der Waals surface area contributed by atoms with Crippen LogP contribution < -0.4 is 0 Å². The van der Waals surface area contributed by atoms with Crippen molar-refractivity contribution in [1.82, 2.24) is 0 Å². The molecular formula is C25H37NO4. The lowest BCUT2D eigenvalue weighted by Gasteiger charge is -2.57. The minimum Gasteiger partial charge on any atom is -0.396 e. The third-order valence-electron chi connectivity index (χ3n) is 9.05. The molecule has 1 unspecified atom stereocenters. The van der Waals surface area contributed by atoms with Crippen LogP contribution in [0.15, 0.2) is 29.5 Å². The summed E-state index contributed by atoms with van der Waals surface area (Å²) in [4.78, 5) is 18.6. The second kappa shape index (κ2) is 7.90. The van der Waals surface area contributed by atoms with E-state index < -0.39 is 12.2 Å². The normalized spacial score (nSPS) is 45.8. The fourth-order valence-corrected chi connectivity index (χ4v) is 7.43. The van der Waals surface area contributed by atoms with Gasteiger partial charge in [-0.25, -0.2) is 0 Å². The van der Waals surface area contributed by atoms with Crippen LogP contribution in [0.25, 0.3) is 0 Å². The molecule has 0 spiro atoms. The third-order valence-corrected chi connectivity index (χ3v) is 9.05. The molecule has 0 aromatic rings. The first-order valence-corrected chi connectivity index (χ1v) is 11.6. The van der Waals surface area contributed by atoms with E-state index in [9.17, 15) is 15.0 Å². The number of hydrogen-bond acceptors (Lipinski definition) is 5. The van der Waals surface area contributed by atoms with Gasteiger partial charge in [0.25, 0.3) is 0 Å². The number of nitrogens with zero attached hydrogens (tertiary/aromatic N) is 1. The number of fused-ring (bicyclic) bond motifs is 5. The summed E-state index contributed by atoms with van der Waals surface area (Å²) in [6.45, 7) is 10.9. The largest absolute Gasteiger partial charge is 0.396 e. The molecule has 0 aliphatic heterocycles. The van der Waals surface area contributed by atoms with E-state index in [2.05, 4.69) is 32.5 Å². The number of aliphatic hydroxyl groups is 2. The number of hydrogen-bond donors (Lipinski definition) is 2. The van der Waals surface area contributed by atoms with Gasteiger partial charge in [0.05, 0.1) is 17.9 Å². The average Bonchev–Trinajstić information content (AvgIpc) is 3.05. The molecule has 8 atom stereocenters. The Morgan fingerprint density at radius 3 is 2.67 bits per heavy atom. The number of carbonyl (C=O) groups is 1. The first kappa shape index (κ1) is 21.8. The summed E-state index contributed by atoms with van der Waals surface area (Å²) in [5, 5.41) is 25.0. The Morgan fingerprint density at radius 2 is 1.93 bits per heavy atom. The highest BCUT2D eigenvalue weighted by molar-refractivity contribution is 5.95.